The van der Waals surface area contributed by atoms with Gasteiger partial charge >= 0.3 is 0 Å². The van der Waals surface area contributed by atoms with Crippen LogP contribution in [0.15, 0.2) is 60.8 Å². The summed E-state index contributed by atoms with van der Waals surface area (Å²) in [4.78, 5) is 27.6. The van der Waals surface area contributed by atoms with Gasteiger partial charge in [-0.15, -0.1) is 11.3 Å². The number of aryl methyl sites for hydroxylation is 1. The third kappa shape index (κ3) is 5.32. The summed E-state index contributed by atoms with van der Waals surface area (Å²) < 4.78 is 0. The van der Waals surface area contributed by atoms with Crippen LogP contribution in [0, 0.1) is 17.0 Å². The number of non-ortho nitro benzene ring substituents is 1. The molecule has 0 unspecified atom stereocenters. The zero-order valence-electron chi connectivity index (χ0n) is 14.6. The van der Waals surface area contributed by atoms with Crippen molar-refractivity contribution in [3.63, 3.8) is 0 Å². The molecule has 0 atom stereocenters. The summed E-state index contributed by atoms with van der Waals surface area (Å²) in [6.45, 7) is 2.05. The summed E-state index contributed by atoms with van der Waals surface area (Å²) in [5, 5.41) is 14.0. The molecule has 0 aliphatic rings. The number of thiazole rings is 1. The normalized spacial score (nSPS) is 10.9. The van der Waals surface area contributed by atoms with Gasteiger partial charge < -0.3 is 0 Å². The predicted molar refractivity (Wildman–Crippen MR) is 107 cm³/mol. The molecular weight excluding hydrogens is 362 g/mol. The number of nitro groups is 1. The van der Waals surface area contributed by atoms with Gasteiger partial charge in [0.15, 0.2) is 5.13 Å². The Morgan fingerprint density at radius 1 is 1.26 bits per heavy atom. The first-order valence-corrected chi connectivity index (χ1v) is 9.05. The van der Waals surface area contributed by atoms with Crippen molar-refractivity contribution in [3.8, 4) is 0 Å². The fourth-order valence-electron chi connectivity index (χ4n) is 2.53. The Labute approximate surface area is 160 Å². The molecule has 1 N–H and O–H groups in total. The summed E-state index contributed by atoms with van der Waals surface area (Å²) in [6.07, 6.45) is 5.38. The zero-order chi connectivity index (χ0) is 19.2. The van der Waals surface area contributed by atoms with Gasteiger partial charge in [0.05, 0.1) is 4.92 Å². The molecule has 1 amide bonds. The molecule has 0 radical (unpaired) electrons. The molecule has 27 heavy (non-hydrogen) atoms. The lowest BCUT2D eigenvalue weighted by Gasteiger charge is -1.99. The average molecular weight is 379 g/mol. The number of anilines is 1. The van der Waals surface area contributed by atoms with Gasteiger partial charge in [0.1, 0.15) is 0 Å². The third-order valence-electron chi connectivity index (χ3n) is 3.75. The number of carbonyl (C=O) groups excluding carboxylic acids is 1. The molecule has 2 aromatic carbocycles. The predicted octanol–water partition coefficient (Wildman–Crippen LogP) is 4.60. The second-order valence-corrected chi connectivity index (χ2v) is 7.09. The van der Waals surface area contributed by atoms with E-state index in [0.717, 1.165) is 11.3 Å². The lowest BCUT2D eigenvalue weighted by atomic mass is 10.1. The molecule has 7 heteroatoms. The molecule has 1 aromatic heterocycles. The van der Waals surface area contributed by atoms with Crippen LogP contribution >= 0.6 is 11.3 Å². The fraction of sp³-hybridized carbons (Fsp3) is 0.100. The number of nitro benzene ring substituents is 1. The second kappa shape index (κ2) is 8.37. The van der Waals surface area contributed by atoms with E-state index in [9.17, 15) is 14.9 Å². The van der Waals surface area contributed by atoms with Gasteiger partial charge in [0.2, 0.25) is 5.91 Å². The summed E-state index contributed by atoms with van der Waals surface area (Å²) in [7, 11) is 0. The highest BCUT2D eigenvalue weighted by Crippen LogP contribution is 2.22. The Morgan fingerprint density at radius 2 is 2.07 bits per heavy atom. The van der Waals surface area contributed by atoms with Gasteiger partial charge in [-0.25, -0.2) is 4.98 Å². The molecule has 3 rings (SSSR count). The minimum absolute atomic E-state index is 0.0155. The van der Waals surface area contributed by atoms with Crippen LogP contribution in [-0.2, 0) is 11.2 Å². The molecule has 0 aliphatic heterocycles. The molecule has 0 spiro atoms. The Balaban J connectivity index is 1.60. The Hall–Kier alpha value is -3.32. The number of rotatable bonds is 6. The number of benzene rings is 2. The van der Waals surface area contributed by atoms with E-state index in [1.54, 1.807) is 18.3 Å². The first-order chi connectivity index (χ1) is 13.0. The van der Waals surface area contributed by atoms with Crippen LogP contribution in [0.2, 0.25) is 0 Å². The topological polar surface area (TPSA) is 85.1 Å². The molecule has 6 nitrogen and oxygen atoms in total. The van der Waals surface area contributed by atoms with E-state index < -0.39 is 4.92 Å². The lowest BCUT2D eigenvalue weighted by molar-refractivity contribution is -0.384. The maximum absolute atomic E-state index is 12.1. The van der Waals surface area contributed by atoms with Crippen LogP contribution in [0.25, 0.3) is 6.08 Å². The Kier molecular flexibility index (Phi) is 5.73. The zero-order valence-corrected chi connectivity index (χ0v) is 15.4. The summed E-state index contributed by atoms with van der Waals surface area (Å²) >= 11 is 1.42. The standard InChI is InChI=1S/C20H17N3O3S/c1-14-4-2-6-16(10-14)12-18-13-21-20(27-18)22-19(24)9-8-15-5-3-7-17(11-15)23(25)26/h2-11,13H,12H2,1H3,(H,21,22,24)/b9-8+. The van der Waals surface area contributed by atoms with Gasteiger partial charge in [0, 0.05) is 35.7 Å². The van der Waals surface area contributed by atoms with Gasteiger partial charge in [-0.1, -0.05) is 42.0 Å². The summed E-state index contributed by atoms with van der Waals surface area (Å²) in [5.74, 6) is -0.335. The van der Waals surface area contributed by atoms with Gasteiger partial charge in [0.25, 0.3) is 5.69 Å². The molecule has 0 saturated heterocycles. The van der Waals surface area contributed by atoms with Crippen LogP contribution < -0.4 is 5.32 Å². The van der Waals surface area contributed by atoms with E-state index in [0.29, 0.717) is 10.7 Å². The maximum Gasteiger partial charge on any atom is 0.270 e. The highest BCUT2D eigenvalue weighted by Gasteiger charge is 2.07. The van der Waals surface area contributed by atoms with E-state index in [-0.39, 0.29) is 11.6 Å². The molecular formula is C20H17N3O3S. The van der Waals surface area contributed by atoms with E-state index in [4.69, 9.17) is 0 Å². The van der Waals surface area contributed by atoms with Crippen molar-refractivity contribution < 1.29 is 9.72 Å². The molecule has 3 aromatic rings. The number of carbonyl (C=O) groups is 1. The van der Waals surface area contributed by atoms with Gasteiger partial charge in [-0.2, -0.15) is 0 Å². The number of hydrogen-bond donors (Lipinski definition) is 1. The maximum atomic E-state index is 12.1. The SMILES string of the molecule is Cc1cccc(Cc2cnc(NC(=O)/C=C/c3cccc([N+](=O)[O-])c3)s2)c1. The largest absolute Gasteiger partial charge is 0.298 e. The Bertz CT molecular complexity index is 1010. The van der Waals surface area contributed by atoms with Crippen molar-refractivity contribution >= 4 is 34.1 Å². The van der Waals surface area contributed by atoms with Crippen molar-refractivity contribution in [2.24, 2.45) is 0 Å². The molecule has 0 saturated carbocycles. The minimum Gasteiger partial charge on any atom is -0.298 e. The van der Waals surface area contributed by atoms with Gasteiger partial charge in [-0.05, 0) is 24.1 Å². The summed E-state index contributed by atoms with van der Waals surface area (Å²) in [6, 6.07) is 14.3. The van der Waals surface area contributed by atoms with Crippen LogP contribution in [-0.4, -0.2) is 15.8 Å². The minimum atomic E-state index is -0.470. The molecule has 136 valence electrons. The first-order valence-electron chi connectivity index (χ1n) is 8.23. The van der Waals surface area contributed by atoms with Crippen molar-refractivity contribution in [2.45, 2.75) is 13.3 Å². The highest BCUT2D eigenvalue weighted by atomic mass is 32.1. The monoisotopic (exact) mass is 379 g/mol. The molecule has 1 heterocycles. The number of amides is 1. The molecule has 0 fully saturated rings. The number of hydrogen-bond acceptors (Lipinski definition) is 5. The van der Waals surface area contributed by atoms with E-state index in [2.05, 4.69) is 35.4 Å². The van der Waals surface area contributed by atoms with Crippen LogP contribution in [0.4, 0.5) is 10.8 Å². The summed E-state index contributed by atoms with van der Waals surface area (Å²) in [5.41, 5.74) is 2.97. The van der Waals surface area contributed by atoms with E-state index in [1.165, 1.54) is 46.7 Å². The Morgan fingerprint density at radius 3 is 2.85 bits per heavy atom. The second-order valence-electron chi connectivity index (χ2n) is 5.97. The smallest absolute Gasteiger partial charge is 0.270 e. The highest BCUT2D eigenvalue weighted by molar-refractivity contribution is 7.15. The van der Waals surface area contributed by atoms with Crippen molar-refractivity contribution in [2.75, 3.05) is 5.32 Å². The quantitative estimate of drug-likeness (QED) is 0.385. The first kappa shape index (κ1) is 18.5. The molecule has 0 aliphatic carbocycles. The van der Waals surface area contributed by atoms with Crippen molar-refractivity contribution in [1.82, 2.24) is 4.98 Å². The molecule has 0 bridgehead atoms. The third-order valence-corrected chi connectivity index (χ3v) is 4.67. The number of nitrogens with zero attached hydrogens (tertiary/aromatic N) is 2. The lowest BCUT2D eigenvalue weighted by Crippen LogP contribution is -2.07. The van der Waals surface area contributed by atoms with Crippen LogP contribution in [0.1, 0.15) is 21.6 Å². The van der Waals surface area contributed by atoms with E-state index in [1.807, 2.05) is 6.07 Å². The van der Waals surface area contributed by atoms with Crippen LogP contribution in [0.5, 0.6) is 0 Å². The van der Waals surface area contributed by atoms with E-state index >= 15 is 0 Å². The average Bonchev–Trinajstić information content (AvgIpc) is 3.07. The fourth-order valence-corrected chi connectivity index (χ4v) is 3.38. The van der Waals surface area contributed by atoms with Crippen molar-refractivity contribution in [1.29, 1.82) is 0 Å². The van der Waals surface area contributed by atoms with Crippen LogP contribution in [0.3, 0.4) is 0 Å². The van der Waals surface area contributed by atoms with Crippen molar-refractivity contribution in [3.05, 3.63) is 92.5 Å². The van der Waals surface area contributed by atoms with Gasteiger partial charge in [-0.3, -0.25) is 20.2 Å². The number of aromatic nitrogens is 1. The number of nitrogens with one attached hydrogen (secondary N) is 1.